The average Bonchev–Trinajstić information content (AvgIpc) is 3.08. The largest absolute Gasteiger partial charge is 0.335 e. The van der Waals surface area contributed by atoms with Gasteiger partial charge in [0.1, 0.15) is 0 Å². The van der Waals surface area contributed by atoms with Crippen LogP contribution in [-0.4, -0.2) is 26.0 Å². The van der Waals surface area contributed by atoms with Crippen LogP contribution in [0.4, 0.5) is 5.69 Å². The number of benzene rings is 3. The summed E-state index contributed by atoms with van der Waals surface area (Å²) in [4.78, 5) is 12.6. The standard InChI is InChI=1S/C22H21N5OS/c1-14-7-9-17(10-8-14)20-25-26-22(27(20)23)29-15(2)21(28)24-19-12-11-16-5-3-4-6-18(16)13-19/h3-13,15H,23H2,1-2H3,(H,24,28)/t15-/m0/s1. The first-order chi connectivity index (χ1) is 14.0. The molecule has 0 radical (unpaired) electrons. The van der Waals surface area contributed by atoms with E-state index in [-0.39, 0.29) is 11.2 Å². The van der Waals surface area contributed by atoms with E-state index in [1.165, 1.54) is 16.4 Å². The molecule has 1 aromatic heterocycles. The Morgan fingerprint density at radius 2 is 1.76 bits per heavy atom. The van der Waals surface area contributed by atoms with E-state index in [0.29, 0.717) is 11.0 Å². The van der Waals surface area contributed by atoms with Crippen LogP contribution < -0.4 is 11.2 Å². The Kier molecular flexibility index (Phi) is 5.22. The third-order valence-electron chi connectivity index (χ3n) is 4.64. The van der Waals surface area contributed by atoms with E-state index in [9.17, 15) is 4.79 Å². The number of aromatic nitrogens is 3. The van der Waals surface area contributed by atoms with Gasteiger partial charge >= 0.3 is 0 Å². The Hall–Kier alpha value is -3.32. The summed E-state index contributed by atoms with van der Waals surface area (Å²) in [6, 6.07) is 21.8. The second kappa shape index (κ2) is 7.97. The van der Waals surface area contributed by atoms with Crippen LogP contribution in [0.3, 0.4) is 0 Å². The molecule has 0 unspecified atom stereocenters. The molecule has 146 valence electrons. The van der Waals surface area contributed by atoms with Crippen molar-refractivity contribution in [1.82, 2.24) is 14.9 Å². The van der Waals surface area contributed by atoms with Crippen LogP contribution in [0.25, 0.3) is 22.2 Å². The third-order valence-corrected chi connectivity index (χ3v) is 5.70. The lowest BCUT2D eigenvalue weighted by atomic mass is 10.1. The van der Waals surface area contributed by atoms with Crippen molar-refractivity contribution < 1.29 is 4.79 Å². The molecule has 29 heavy (non-hydrogen) atoms. The minimum atomic E-state index is -0.390. The number of nitrogens with zero attached hydrogens (tertiary/aromatic N) is 3. The van der Waals surface area contributed by atoms with E-state index >= 15 is 0 Å². The van der Waals surface area contributed by atoms with Gasteiger partial charge in [0.25, 0.3) is 0 Å². The molecule has 1 amide bonds. The smallest absolute Gasteiger partial charge is 0.237 e. The zero-order valence-corrected chi connectivity index (χ0v) is 17.0. The molecule has 0 fully saturated rings. The van der Waals surface area contributed by atoms with E-state index in [1.54, 1.807) is 0 Å². The lowest BCUT2D eigenvalue weighted by Gasteiger charge is -2.12. The number of thioether (sulfide) groups is 1. The number of carbonyl (C=O) groups excluding carboxylic acids is 1. The zero-order valence-electron chi connectivity index (χ0n) is 16.2. The van der Waals surface area contributed by atoms with Gasteiger partial charge in [0.05, 0.1) is 5.25 Å². The molecule has 0 saturated carbocycles. The summed E-state index contributed by atoms with van der Waals surface area (Å²) in [5.74, 6) is 6.62. The fourth-order valence-corrected chi connectivity index (χ4v) is 3.75. The minimum absolute atomic E-state index is 0.120. The van der Waals surface area contributed by atoms with E-state index in [1.807, 2.05) is 80.6 Å². The number of hydrogen-bond donors (Lipinski definition) is 2. The molecule has 6 nitrogen and oxygen atoms in total. The lowest BCUT2D eigenvalue weighted by Crippen LogP contribution is -2.23. The highest BCUT2D eigenvalue weighted by atomic mass is 32.2. The minimum Gasteiger partial charge on any atom is -0.335 e. The van der Waals surface area contributed by atoms with Crippen molar-refractivity contribution in [3.63, 3.8) is 0 Å². The van der Waals surface area contributed by atoms with Crippen LogP contribution in [0.15, 0.2) is 71.9 Å². The number of nitrogen functional groups attached to an aromatic ring is 1. The molecule has 0 aliphatic carbocycles. The first kappa shape index (κ1) is 19.0. The molecule has 0 spiro atoms. The number of hydrogen-bond acceptors (Lipinski definition) is 5. The maximum absolute atomic E-state index is 12.6. The molecular weight excluding hydrogens is 382 g/mol. The summed E-state index contributed by atoms with van der Waals surface area (Å²) in [6.07, 6.45) is 0. The Balaban J connectivity index is 1.46. The van der Waals surface area contributed by atoms with Crippen molar-refractivity contribution in [1.29, 1.82) is 0 Å². The Morgan fingerprint density at radius 1 is 1.03 bits per heavy atom. The third kappa shape index (κ3) is 4.09. The van der Waals surface area contributed by atoms with Gasteiger partial charge in [-0.25, -0.2) is 4.68 Å². The fraction of sp³-hybridized carbons (Fsp3) is 0.136. The molecule has 1 atom stereocenters. The van der Waals surface area contributed by atoms with Crippen LogP contribution >= 0.6 is 11.8 Å². The topological polar surface area (TPSA) is 85.8 Å². The summed E-state index contributed by atoms with van der Waals surface area (Å²) < 4.78 is 1.43. The zero-order chi connectivity index (χ0) is 20.4. The summed E-state index contributed by atoms with van der Waals surface area (Å²) in [5, 5.41) is 13.6. The van der Waals surface area contributed by atoms with Crippen LogP contribution in [0, 0.1) is 6.92 Å². The van der Waals surface area contributed by atoms with Gasteiger partial charge in [-0.3, -0.25) is 4.79 Å². The average molecular weight is 404 g/mol. The second-order valence-electron chi connectivity index (χ2n) is 6.85. The summed E-state index contributed by atoms with van der Waals surface area (Å²) >= 11 is 1.27. The highest BCUT2D eigenvalue weighted by molar-refractivity contribution is 8.00. The van der Waals surface area contributed by atoms with Crippen LogP contribution in [0.1, 0.15) is 12.5 Å². The second-order valence-corrected chi connectivity index (χ2v) is 8.16. The Labute approximate surface area is 173 Å². The van der Waals surface area contributed by atoms with Gasteiger partial charge in [0.15, 0.2) is 5.82 Å². The Morgan fingerprint density at radius 3 is 2.52 bits per heavy atom. The van der Waals surface area contributed by atoms with Gasteiger partial charge in [-0.15, -0.1) is 10.2 Å². The molecule has 0 aliphatic rings. The Bertz CT molecular complexity index is 1170. The molecule has 3 aromatic carbocycles. The lowest BCUT2D eigenvalue weighted by molar-refractivity contribution is -0.115. The molecule has 1 heterocycles. The predicted octanol–water partition coefficient (Wildman–Crippen LogP) is 4.24. The first-order valence-corrected chi connectivity index (χ1v) is 10.1. The number of amides is 1. The van der Waals surface area contributed by atoms with Crippen molar-refractivity contribution in [2.75, 3.05) is 11.2 Å². The van der Waals surface area contributed by atoms with Crippen LogP contribution in [-0.2, 0) is 4.79 Å². The number of nitrogens with two attached hydrogens (primary N) is 1. The molecule has 4 rings (SSSR count). The highest BCUT2D eigenvalue weighted by Crippen LogP contribution is 2.26. The molecule has 3 N–H and O–H groups in total. The monoisotopic (exact) mass is 403 g/mol. The van der Waals surface area contributed by atoms with E-state index in [0.717, 1.165) is 27.6 Å². The SMILES string of the molecule is Cc1ccc(-c2nnc(S[C@@H](C)C(=O)Nc3ccc4ccccc4c3)n2N)cc1. The highest BCUT2D eigenvalue weighted by Gasteiger charge is 2.20. The maximum Gasteiger partial charge on any atom is 0.237 e. The number of rotatable bonds is 5. The molecule has 0 aliphatic heterocycles. The number of nitrogens with one attached hydrogen (secondary N) is 1. The van der Waals surface area contributed by atoms with Crippen molar-refractivity contribution in [3.05, 3.63) is 72.3 Å². The maximum atomic E-state index is 12.6. The normalized spacial score (nSPS) is 12.1. The number of aryl methyl sites for hydroxylation is 1. The van der Waals surface area contributed by atoms with Crippen molar-refractivity contribution >= 4 is 34.1 Å². The van der Waals surface area contributed by atoms with E-state index in [2.05, 4.69) is 15.5 Å². The quantitative estimate of drug-likeness (QED) is 0.384. The van der Waals surface area contributed by atoms with Gasteiger partial charge in [-0.1, -0.05) is 71.9 Å². The first-order valence-electron chi connectivity index (χ1n) is 9.25. The van der Waals surface area contributed by atoms with Gasteiger partial charge in [-0.2, -0.15) is 0 Å². The summed E-state index contributed by atoms with van der Waals surface area (Å²) in [6.45, 7) is 3.84. The van der Waals surface area contributed by atoms with Crippen molar-refractivity contribution in [2.45, 2.75) is 24.3 Å². The fourth-order valence-electron chi connectivity index (χ4n) is 2.98. The molecule has 0 bridgehead atoms. The van der Waals surface area contributed by atoms with Crippen molar-refractivity contribution in [2.24, 2.45) is 0 Å². The number of fused-ring (bicyclic) bond motifs is 1. The number of carbonyl (C=O) groups is 1. The number of anilines is 1. The summed E-state index contributed by atoms with van der Waals surface area (Å²) in [7, 11) is 0. The van der Waals surface area contributed by atoms with Crippen LogP contribution in [0.5, 0.6) is 0 Å². The van der Waals surface area contributed by atoms with Gasteiger partial charge in [-0.05, 0) is 36.8 Å². The summed E-state index contributed by atoms with van der Waals surface area (Å²) in [5.41, 5.74) is 2.80. The van der Waals surface area contributed by atoms with Gasteiger partial charge in [0, 0.05) is 11.3 Å². The molecular formula is C22H21N5OS. The van der Waals surface area contributed by atoms with Crippen LogP contribution in [0.2, 0.25) is 0 Å². The predicted molar refractivity (Wildman–Crippen MR) is 118 cm³/mol. The van der Waals surface area contributed by atoms with Crippen molar-refractivity contribution in [3.8, 4) is 11.4 Å². The van der Waals surface area contributed by atoms with E-state index in [4.69, 9.17) is 5.84 Å². The van der Waals surface area contributed by atoms with Gasteiger partial charge < -0.3 is 11.2 Å². The van der Waals surface area contributed by atoms with Gasteiger partial charge in [0.2, 0.25) is 11.1 Å². The molecule has 0 saturated heterocycles. The van der Waals surface area contributed by atoms with E-state index < -0.39 is 0 Å². The molecule has 7 heteroatoms. The molecule has 4 aromatic rings.